The zero-order valence-electron chi connectivity index (χ0n) is 13.5. The SMILES string of the molecule is CC(C)c1ccc(/C=C/C(=O)Nc2ccccc2OC(F)F)cc1. The molecule has 24 heavy (non-hydrogen) atoms. The van der Waals surface area contributed by atoms with Gasteiger partial charge in [-0.3, -0.25) is 4.79 Å². The topological polar surface area (TPSA) is 38.3 Å². The van der Waals surface area contributed by atoms with Crippen molar-refractivity contribution in [2.24, 2.45) is 0 Å². The smallest absolute Gasteiger partial charge is 0.387 e. The lowest BCUT2D eigenvalue weighted by atomic mass is 10.0. The van der Waals surface area contributed by atoms with Crippen LogP contribution >= 0.6 is 0 Å². The number of carbonyl (C=O) groups excluding carboxylic acids is 1. The van der Waals surface area contributed by atoms with Crippen molar-refractivity contribution in [2.75, 3.05) is 5.32 Å². The zero-order valence-corrected chi connectivity index (χ0v) is 13.5. The molecule has 0 heterocycles. The summed E-state index contributed by atoms with van der Waals surface area (Å²) in [6.07, 6.45) is 3.01. The lowest BCUT2D eigenvalue weighted by molar-refractivity contribution is -0.111. The number of carbonyl (C=O) groups is 1. The first kappa shape index (κ1) is 17.7. The predicted octanol–water partition coefficient (Wildman–Crippen LogP) is 5.06. The molecule has 2 aromatic rings. The fraction of sp³-hybridized carbons (Fsp3) is 0.211. The molecular weight excluding hydrogens is 312 g/mol. The maximum atomic E-state index is 12.3. The Balaban J connectivity index is 2.03. The molecule has 0 aliphatic carbocycles. The average molecular weight is 331 g/mol. The first-order valence-corrected chi connectivity index (χ1v) is 7.58. The van der Waals surface area contributed by atoms with E-state index in [1.54, 1.807) is 18.2 Å². The number of benzene rings is 2. The molecule has 2 aromatic carbocycles. The fourth-order valence-electron chi connectivity index (χ4n) is 2.11. The third-order valence-electron chi connectivity index (χ3n) is 3.39. The average Bonchev–Trinajstić information content (AvgIpc) is 2.54. The van der Waals surface area contributed by atoms with Crippen LogP contribution < -0.4 is 10.1 Å². The number of halogens is 2. The van der Waals surface area contributed by atoms with Gasteiger partial charge in [0.2, 0.25) is 5.91 Å². The van der Waals surface area contributed by atoms with Crippen LogP contribution in [0.25, 0.3) is 6.08 Å². The summed E-state index contributed by atoms with van der Waals surface area (Å²) in [5, 5.41) is 2.53. The zero-order chi connectivity index (χ0) is 17.5. The van der Waals surface area contributed by atoms with Crippen molar-refractivity contribution in [3.63, 3.8) is 0 Å². The normalized spacial score (nSPS) is 11.2. The summed E-state index contributed by atoms with van der Waals surface area (Å²) in [6.45, 7) is 1.27. The molecule has 0 saturated carbocycles. The van der Waals surface area contributed by atoms with Crippen LogP contribution in [0.2, 0.25) is 0 Å². The second-order valence-corrected chi connectivity index (χ2v) is 5.52. The molecule has 0 saturated heterocycles. The Hall–Kier alpha value is -2.69. The number of nitrogens with one attached hydrogen (secondary N) is 1. The molecule has 126 valence electrons. The first-order chi connectivity index (χ1) is 11.5. The summed E-state index contributed by atoms with van der Waals surface area (Å²) in [6, 6.07) is 13.9. The van der Waals surface area contributed by atoms with E-state index in [1.165, 1.54) is 23.8 Å². The molecule has 0 spiro atoms. The Kier molecular flexibility index (Phi) is 6.07. The molecule has 0 radical (unpaired) electrons. The minimum absolute atomic E-state index is 0.0736. The number of ether oxygens (including phenoxy) is 1. The Labute approximate surface area is 140 Å². The maximum Gasteiger partial charge on any atom is 0.387 e. The van der Waals surface area contributed by atoms with Gasteiger partial charge in [-0.1, -0.05) is 50.2 Å². The molecule has 5 heteroatoms. The Bertz CT molecular complexity index is 710. The van der Waals surface area contributed by atoms with Gasteiger partial charge in [0.25, 0.3) is 0 Å². The van der Waals surface area contributed by atoms with Crippen LogP contribution in [-0.2, 0) is 4.79 Å². The second-order valence-electron chi connectivity index (χ2n) is 5.52. The Morgan fingerprint density at radius 1 is 1.08 bits per heavy atom. The summed E-state index contributed by atoms with van der Waals surface area (Å²) >= 11 is 0. The molecule has 1 N–H and O–H groups in total. The van der Waals surface area contributed by atoms with E-state index in [2.05, 4.69) is 23.9 Å². The van der Waals surface area contributed by atoms with Crippen molar-refractivity contribution in [2.45, 2.75) is 26.4 Å². The molecule has 0 aliphatic rings. The fourth-order valence-corrected chi connectivity index (χ4v) is 2.11. The highest BCUT2D eigenvalue weighted by molar-refractivity contribution is 6.02. The molecule has 0 unspecified atom stereocenters. The van der Waals surface area contributed by atoms with E-state index in [9.17, 15) is 13.6 Å². The van der Waals surface area contributed by atoms with Crippen LogP contribution in [0.5, 0.6) is 5.75 Å². The highest BCUT2D eigenvalue weighted by Gasteiger charge is 2.10. The molecule has 0 aromatic heterocycles. The van der Waals surface area contributed by atoms with E-state index in [4.69, 9.17) is 0 Å². The van der Waals surface area contributed by atoms with Crippen LogP contribution in [0.4, 0.5) is 14.5 Å². The lowest BCUT2D eigenvalue weighted by Gasteiger charge is -2.10. The Morgan fingerprint density at radius 3 is 2.38 bits per heavy atom. The second kappa shape index (κ2) is 8.24. The summed E-state index contributed by atoms with van der Waals surface area (Å²) < 4.78 is 29.1. The first-order valence-electron chi connectivity index (χ1n) is 7.58. The van der Waals surface area contributed by atoms with Gasteiger partial charge in [0.05, 0.1) is 5.69 Å². The van der Waals surface area contributed by atoms with Gasteiger partial charge < -0.3 is 10.1 Å². The molecule has 3 nitrogen and oxygen atoms in total. The number of hydrogen-bond acceptors (Lipinski definition) is 2. The van der Waals surface area contributed by atoms with E-state index in [-0.39, 0.29) is 11.4 Å². The number of para-hydroxylation sites is 2. The van der Waals surface area contributed by atoms with Crippen molar-refractivity contribution >= 4 is 17.7 Å². The van der Waals surface area contributed by atoms with Crippen LogP contribution in [0, 0.1) is 0 Å². The quantitative estimate of drug-likeness (QED) is 0.751. The predicted molar refractivity (Wildman–Crippen MR) is 91.3 cm³/mol. The summed E-state index contributed by atoms with van der Waals surface area (Å²) in [7, 11) is 0. The van der Waals surface area contributed by atoms with Crippen molar-refractivity contribution < 1.29 is 18.3 Å². The standard InChI is InChI=1S/C19H19F2NO2/c1-13(2)15-10-7-14(8-11-15)9-12-18(23)22-16-5-3-4-6-17(16)24-19(20)21/h3-13,19H,1-2H3,(H,22,23)/b12-9+. The molecule has 2 rings (SSSR count). The monoisotopic (exact) mass is 331 g/mol. The third kappa shape index (κ3) is 5.19. The van der Waals surface area contributed by atoms with Crippen LogP contribution in [0.1, 0.15) is 30.9 Å². The number of rotatable bonds is 6. The van der Waals surface area contributed by atoms with E-state index in [0.29, 0.717) is 5.92 Å². The molecular formula is C19H19F2NO2. The van der Waals surface area contributed by atoms with Crippen molar-refractivity contribution in [3.8, 4) is 5.75 Å². The third-order valence-corrected chi connectivity index (χ3v) is 3.39. The molecule has 0 aliphatic heterocycles. The highest BCUT2D eigenvalue weighted by Crippen LogP contribution is 2.25. The number of amides is 1. The summed E-state index contributed by atoms with van der Waals surface area (Å²) in [5.41, 5.74) is 2.30. The summed E-state index contributed by atoms with van der Waals surface area (Å²) in [5.74, 6) is -0.0542. The Morgan fingerprint density at radius 2 is 1.75 bits per heavy atom. The molecule has 1 amide bonds. The molecule has 0 atom stereocenters. The van der Waals surface area contributed by atoms with Crippen LogP contribution in [0.15, 0.2) is 54.6 Å². The highest BCUT2D eigenvalue weighted by atomic mass is 19.3. The molecule has 0 bridgehead atoms. The molecule has 0 fully saturated rings. The van der Waals surface area contributed by atoms with Gasteiger partial charge >= 0.3 is 6.61 Å². The largest absolute Gasteiger partial charge is 0.433 e. The van der Waals surface area contributed by atoms with Crippen LogP contribution in [-0.4, -0.2) is 12.5 Å². The number of anilines is 1. The lowest BCUT2D eigenvalue weighted by Crippen LogP contribution is -2.11. The minimum Gasteiger partial charge on any atom is -0.433 e. The number of hydrogen-bond donors (Lipinski definition) is 1. The van der Waals surface area contributed by atoms with Crippen molar-refractivity contribution in [3.05, 3.63) is 65.7 Å². The summed E-state index contributed by atoms with van der Waals surface area (Å²) in [4.78, 5) is 12.0. The van der Waals surface area contributed by atoms with E-state index in [0.717, 1.165) is 5.56 Å². The van der Waals surface area contributed by atoms with Gasteiger partial charge in [0, 0.05) is 6.08 Å². The maximum absolute atomic E-state index is 12.3. The van der Waals surface area contributed by atoms with Crippen LogP contribution in [0.3, 0.4) is 0 Å². The van der Waals surface area contributed by atoms with Gasteiger partial charge in [0.1, 0.15) is 5.75 Å². The van der Waals surface area contributed by atoms with Gasteiger partial charge in [-0.2, -0.15) is 8.78 Å². The van der Waals surface area contributed by atoms with Gasteiger partial charge in [-0.05, 0) is 35.3 Å². The van der Waals surface area contributed by atoms with E-state index in [1.807, 2.05) is 24.3 Å². The van der Waals surface area contributed by atoms with E-state index < -0.39 is 12.5 Å². The van der Waals surface area contributed by atoms with Gasteiger partial charge in [0.15, 0.2) is 0 Å². The minimum atomic E-state index is -2.95. The number of alkyl halides is 2. The van der Waals surface area contributed by atoms with Gasteiger partial charge in [-0.25, -0.2) is 0 Å². The van der Waals surface area contributed by atoms with Crippen molar-refractivity contribution in [1.82, 2.24) is 0 Å². The van der Waals surface area contributed by atoms with E-state index >= 15 is 0 Å². The van der Waals surface area contributed by atoms with Crippen molar-refractivity contribution in [1.29, 1.82) is 0 Å². The van der Waals surface area contributed by atoms with Gasteiger partial charge in [-0.15, -0.1) is 0 Å².